The number of carbonyl (C=O) groups is 2. The summed E-state index contributed by atoms with van der Waals surface area (Å²) < 4.78 is 5.47. The van der Waals surface area contributed by atoms with Crippen molar-refractivity contribution in [2.75, 3.05) is 18.5 Å². The van der Waals surface area contributed by atoms with Crippen LogP contribution >= 0.6 is 11.3 Å². The van der Waals surface area contributed by atoms with Gasteiger partial charge in [-0.15, -0.1) is 11.3 Å². The molecule has 0 radical (unpaired) electrons. The van der Waals surface area contributed by atoms with Crippen LogP contribution in [0, 0.1) is 0 Å². The third kappa shape index (κ3) is 3.25. The zero-order chi connectivity index (χ0) is 15.5. The van der Waals surface area contributed by atoms with E-state index in [-0.39, 0.29) is 12.1 Å². The van der Waals surface area contributed by atoms with Crippen LogP contribution < -0.4 is 16.4 Å². The summed E-state index contributed by atoms with van der Waals surface area (Å²) in [6.45, 7) is 1.25. The van der Waals surface area contributed by atoms with Crippen molar-refractivity contribution in [1.82, 2.24) is 5.32 Å². The number of nitrogens with one attached hydrogen (secondary N) is 2. The Morgan fingerprint density at radius 1 is 1.27 bits per heavy atom. The molecular formula is C15H21N3O3S. The highest BCUT2D eigenvalue weighted by Gasteiger charge is 2.25. The van der Waals surface area contributed by atoms with Gasteiger partial charge in [0, 0.05) is 18.0 Å². The molecule has 2 heterocycles. The number of rotatable bonds is 4. The summed E-state index contributed by atoms with van der Waals surface area (Å²) in [6, 6.07) is -0.309. The highest BCUT2D eigenvalue weighted by Crippen LogP contribution is 2.37. The molecule has 6 nitrogen and oxygen atoms in total. The van der Waals surface area contributed by atoms with E-state index in [9.17, 15) is 9.59 Å². The van der Waals surface area contributed by atoms with Gasteiger partial charge in [-0.05, 0) is 44.1 Å². The molecule has 0 aromatic carbocycles. The molecule has 1 aromatic rings. The van der Waals surface area contributed by atoms with E-state index >= 15 is 0 Å². The summed E-state index contributed by atoms with van der Waals surface area (Å²) in [5.41, 5.74) is 7.03. The standard InChI is InChI=1S/C15H21N3O3S/c16-13(19)12-10-5-1-2-6-11(10)22-14(12)18-15(20)17-8-9-4-3-7-21-9/h9H,1-8H2,(H2,16,19)(H2,17,18,20)/t9-/m0/s1. The first kappa shape index (κ1) is 15.3. The van der Waals surface area contributed by atoms with E-state index in [1.807, 2.05) is 0 Å². The Bertz CT molecular complexity index is 579. The van der Waals surface area contributed by atoms with Gasteiger partial charge >= 0.3 is 6.03 Å². The lowest BCUT2D eigenvalue weighted by Crippen LogP contribution is -2.35. The first-order valence-electron chi connectivity index (χ1n) is 7.76. The molecule has 1 fully saturated rings. The number of amides is 3. The highest BCUT2D eigenvalue weighted by atomic mass is 32.1. The zero-order valence-corrected chi connectivity index (χ0v) is 13.3. The van der Waals surface area contributed by atoms with Crippen molar-refractivity contribution in [2.24, 2.45) is 5.73 Å². The lowest BCUT2D eigenvalue weighted by Gasteiger charge is -2.12. The topological polar surface area (TPSA) is 93.5 Å². The molecule has 1 saturated heterocycles. The number of carbonyl (C=O) groups excluding carboxylic acids is 2. The summed E-state index contributed by atoms with van der Waals surface area (Å²) in [5.74, 6) is -0.464. The fourth-order valence-electron chi connectivity index (χ4n) is 3.07. The number of ether oxygens (including phenoxy) is 1. The maximum absolute atomic E-state index is 12.0. The molecule has 3 amide bonds. The predicted octanol–water partition coefficient (Wildman–Crippen LogP) is 2.03. The van der Waals surface area contributed by atoms with E-state index in [0.717, 1.165) is 50.7 Å². The first-order chi connectivity index (χ1) is 10.6. The molecule has 3 rings (SSSR count). The maximum atomic E-state index is 12.0. The zero-order valence-electron chi connectivity index (χ0n) is 12.4. The van der Waals surface area contributed by atoms with Crippen LogP contribution in [0.1, 0.15) is 46.5 Å². The molecule has 0 spiro atoms. The minimum absolute atomic E-state index is 0.0953. The molecule has 4 N–H and O–H groups in total. The largest absolute Gasteiger partial charge is 0.376 e. The van der Waals surface area contributed by atoms with Crippen LogP contribution in [0.15, 0.2) is 0 Å². The van der Waals surface area contributed by atoms with Crippen LogP contribution in [-0.4, -0.2) is 31.2 Å². The van der Waals surface area contributed by atoms with E-state index in [1.165, 1.54) is 16.2 Å². The SMILES string of the molecule is NC(=O)c1c(NC(=O)NC[C@@H]2CCCO2)sc2c1CCCC2. The number of aryl methyl sites for hydroxylation is 1. The molecule has 1 aliphatic carbocycles. The average Bonchev–Trinajstić information content (AvgIpc) is 3.11. The van der Waals surface area contributed by atoms with Gasteiger partial charge in [-0.2, -0.15) is 0 Å². The Morgan fingerprint density at radius 2 is 2.09 bits per heavy atom. The summed E-state index contributed by atoms with van der Waals surface area (Å²) >= 11 is 1.47. The van der Waals surface area contributed by atoms with Gasteiger partial charge in [0.2, 0.25) is 0 Å². The second-order valence-electron chi connectivity index (χ2n) is 5.75. The van der Waals surface area contributed by atoms with E-state index in [0.29, 0.717) is 17.1 Å². The van der Waals surface area contributed by atoms with E-state index < -0.39 is 5.91 Å². The Morgan fingerprint density at radius 3 is 2.82 bits per heavy atom. The van der Waals surface area contributed by atoms with Crippen molar-refractivity contribution in [2.45, 2.75) is 44.6 Å². The molecular weight excluding hydrogens is 302 g/mol. The summed E-state index contributed by atoms with van der Waals surface area (Å²) in [5, 5.41) is 6.16. The van der Waals surface area contributed by atoms with E-state index in [2.05, 4.69) is 10.6 Å². The number of hydrogen-bond donors (Lipinski definition) is 3. The quantitative estimate of drug-likeness (QED) is 0.791. The van der Waals surface area contributed by atoms with Gasteiger partial charge < -0.3 is 15.8 Å². The van der Waals surface area contributed by atoms with Gasteiger partial charge in [0.15, 0.2) is 0 Å². The van der Waals surface area contributed by atoms with Crippen molar-refractivity contribution in [1.29, 1.82) is 0 Å². The summed E-state index contributed by atoms with van der Waals surface area (Å²) in [7, 11) is 0. The minimum Gasteiger partial charge on any atom is -0.376 e. The van der Waals surface area contributed by atoms with Crippen molar-refractivity contribution >= 4 is 28.3 Å². The molecule has 0 saturated carbocycles. The van der Waals surface area contributed by atoms with E-state index in [4.69, 9.17) is 10.5 Å². The molecule has 0 unspecified atom stereocenters. The number of fused-ring (bicyclic) bond motifs is 1. The average molecular weight is 323 g/mol. The molecule has 0 bridgehead atoms. The Hall–Kier alpha value is -1.60. The predicted molar refractivity (Wildman–Crippen MR) is 85.5 cm³/mol. The van der Waals surface area contributed by atoms with Crippen LogP contribution in [0.5, 0.6) is 0 Å². The molecule has 120 valence electrons. The van der Waals surface area contributed by atoms with E-state index in [1.54, 1.807) is 0 Å². The molecule has 2 aliphatic rings. The number of urea groups is 1. The van der Waals surface area contributed by atoms with Crippen molar-refractivity contribution < 1.29 is 14.3 Å². The monoisotopic (exact) mass is 323 g/mol. The van der Waals surface area contributed by atoms with Gasteiger partial charge in [0.1, 0.15) is 5.00 Å². The van der Waals surface area contributed by atoms with Gasteiger partial charge in [0.05, 0.1) is 11.7 Å². The van der Waals surface area contributed by atoms with Crippen LogP contribution in [0.25, 0.3) is 0 Å². The molecule has 1 atom stereocenters. The fraction of sp³-hybridized carbons (Fsp3) is 0.600. The van der Waals surface area contributed by atoms with Crippen molar-refractivity contribution in [3.63, 3.8) is 0 Å². The molecule has 22 heavy (non-hydrogen) atoms. The minimum atomic E-state index is -0.464. The molecule has 1 aromatic heterocycles. The summed E-state index contributed by atoms with van der Waals surface area (Å²) in [4.78, 5) is 24.9. The van der Waals surface area contributed by atoms with Gasteiger partial charge in [-0.1, -0.05) is 0 Å². The molecule has 7 heteroatoms. The Balaban J connectivity index is 1.67. The van der Waals surface area contributed by atoms with Crippen LogP contribution in [0.3, 0.4) is 0 Å². The normalized spacial score (nSPS) is 20.5. The second kappa shape index (κ2) is 6.66. The second-order valence-corrected chi connectivity index (χ2v) is 6.85. The van der Waals surface area contributed by atoms with Crippen LogP contribution in [-0.2, 0) is 17.6 Å². The lowest BCUT2D eigenvalue weighted by molar-refractivity contribution is 0.100. The van der Waals surface area contributed by atoms with Gasteiger partial charge in [-0.3, -0.25) is 10.1 Å². The van der Waals surface area contributed by atoms with Gasteiger partial charge in [-0.25, -0.2) is 4.79 Å². The van der Waals surface area contributed by atoms with Crippen molar-refractivity contribution in [3.05, 3.63) is 16.0 Å². The van der Waals surface area contributed by atoms with Gasteiger partial charge in [0.25, 0.3) is 5.91 Å². The van der Waals surface area contributed by atoms with Crippen LogP contribution in [0.4, 0.5) is 9.80 Å². The smallest absolute Gasteiger partial charge is 0.319 e. The fourth-order valence-corrected chi connectivity index (χ4v) is 4.36. The third-order valence-corrected chi connectivity index (χ3v) is 5.37. The first-order valence-corrected chi connectivity index (χ1v) is 8.57. The number of anilines is 1. The Kier molecular flexibility index (Phi) is 4.63. The lowest BCUT2D eigenvalue weighted by atomic mass is 9.95. The highest BCUT2D eigenvalue weighted by molar-refractivity contribution is 7.17. The maximum Gasteiger partial charge on any atom is 0.319 e. The number of primary amides is 1. The number of hydrogen-bond acceptors (Lipinski definition) is 4. The number of thiophene rings is 1. The van der Waals surface area contributed by atoms with Crippen molar-refractivity contribution in [3.8, 4) is 0 Å². The van der Waals surface area contributed by atoms with Crippen LogP contribution in [0.2, 0.25) is 0 Å². The summed E-state index contributed by atoms with van der Waals surface area (Å²) in [6.07, 6.45) is 6.11. The molecule has 1 aliphatic heterocycles. The Labute approximate surface area is 133 Å². The number of nitrogens with two attached hydrogens (primary N) is 1. The third-order valence-electron chi connectivity index (χ3n) is 4.16.